The van der Waals surface area contributed by atoms with E-state index in [4.69, 9.17) is 0 Å². The number of rotatable bonds is 5. The summed E-state index contributed by atoms with van der Waals surface area (Å²) >= 11 is 2.21. The zero-order chi connectivity index (χ0) is 14.0. The quantitative estimate of drug-likeness (QED) is 0.470. The minimum absolute atomic E-state index is 0.0340. The normalized spacial score (nSPS) is 10.6. The second-order valence-electron chi connectivity index (χ2n) is 3.39. The molecule has 0 fully saturated rings. The number of aromatic nitrogens is 3. The number of hydrogen-bond donors (Lipinski definition) is 0. The van der Waals surface area contributed by atoms with E-state index in [1.807, 2.05) is 0 Å². The summed E-state index contributed by atoms with van der Waals surface area (Å²) in [6, 6.07) is 0. The second kappa shape index (κ2) is 5.32. The SMILES string of the molecule is Cn1cc([N+](=O)[O-])nc1CSc1ncc([N+](=O)[O-])s1. The van der Waals surface area contributed by atoms with E-state index in [9.17, 15) is 20.2 Å². The van der Waals surface area contributed by atoms with E-state index in [2.05, 4.69) is 9.97 Å². The summed E-state index contributed by atoms with van der Waals surface area (Å²) in [5.41, 5.74) is 0. The predicted octanol–water partition coefficient (Wildman–Crippen LogP) is 1.99. The van der Waals surface area contributed by atoms with Gasteiger partial charge >= 0.3 is 10.8 Å². The molecule has 0 bridgehead atoms. The third-order valence-electron chi connectivity index (χ3n) is 2.12. The lowest BCUT2D eigenvalue weighted by molar-refractivity contribution is -0.389. The van der Waals surface area contributed by atoms with Gasteiger partial charge in [-0.2, -0.15) is 0 Å². The molecule has 0 radical (unpaired) electrons. The third-order valence-corrected chi connectivity index (χ3v) is 4.23. The highest BCUT2D eigenvalue weighted by molar-refractivity contribution is 8.00. The minimum atomic E-state index is -0.567. The maximum atomic E-state index is 10.6. The second-order valence-corrected chi connectivity index (χ2v) is 5.63. The standard InChI is InChI=1S/C8H7N5O4S2/c1-11-3-5(12(14)15)10-6(11)4-18-8-9-2-7(19-8)13(16)17/h2-3H,4H2,1H3. The lowest BCUT2D eigenvalue weighted by atomic mass is 10.7. The van der Waals surface area contributed by atoms with Crippen LogP contribution < -0.4 is 0 Å². The van der Waals surface area contributed by atoms with E-state index in [1.54, 1.807) is 11.6 Å². The van der Waals surface area contributed by atoms with Crippen molar-refractivity contribution in [1.29, 1.82) is 0 Å². The number of imidazole rings is 1. The molecule has 0 amide bonds. The number of aryl methyl sites for hydroxylation is 1. The van der Waals surface area contributed by atoms with Gasteiger partial charge < -0.3 is 14.7 Å². The molecule has 0 N–H and O–H groups in total. The fraction of sp³-hybridized carbons (Fsp3) is 0.250. The molecule has 0 aliphatic heterocycles. The molecule has 0 aliphatic carbocycles. The van der Waals surface area contributed by atoms with Crippen molar-refractivity contribution in [2.75, 3.05) is 0 Å². The molecule has 0 unspecified atom stereocenters. The first kappa shape index (κ1) is 13.4. The van der Waals surface area contributed by atoms with Gasteiger partial charge in [0.05, 0.1) is 10.7 Å². The predicted molar refractivity (Wildman–Crippen MR) is 68.2 cm³/mol. The van der Waals surface area contributed by atoms with Gasteiger partial charge in [-0.3, -0.25) is 10.1 Å². The molecule has 0 saturated heterocycles. The molecule has 0 aromatic carbocycles. The molecule has 9 nitrogen and oxygen atoms in total. The van der Waals surface area contributed by atoms with E-state index >= 15 is 0 Å². The first-order chi connectivity index (χ1) is 8.97. The van der Waals surface area contributed by atoms with Crippen LogP contribution in [0.5, 0.6) is 0 Å². The molecule has 2 aromatic rings. The molecule has 0 atom stereocenters. The van der Waals surface area contributed by atoms with E-state index < -0.39 is 9.85 Å². The molecular formula is C8H7N5O4S2. The largest absolute Gasteiger partial charge is 0.381 e. The van der Waals surface area contributed by atoms with Crippen molar-refractivity contribution in [2.24, 2.45) is 7.05 Å². The molecule has 0 saturated carbocycles. The fourth-order valence-electron chi connectivity index (χ4n) is 1.24. The Hall–Kier alpha value is -2.01. The molecule has 0 aliphatic rings. The van der Waals surface area contributed by atoms with Gasteiger partial charge in [0.15, 0.2) is 4.34 Å². The molecule has 100 valence electrons. The van der Waals surface area contributed by atoms with Crippen molar-refractivity contribution < 1.29 is 9.85 Å². The van der Waals surface area contributed by atoms with Crippen LogP contribution in [0.2, 0.25) is 0 Å². The zero-order valence-corrected chi connectivity index (χ0v) is 11.2. The van der Waals surface area contributed by atoms with Gasteiger partial charge in [0.25, 0.3) is 0 Å². The summed E-state index contributed by atoms with van der Waals surface area (Å²) in [5, 5.41) is 21.0. The number of nitro groups is 2. The monoisotopic (exact) mass is 301 g/mol. The van der Waals surface area contributed by atoms with Gasteiger partial charge in [-0.1, -0.05) is 11.8 Å². The average Bonchev–Trinajstić information content (AvgIpc) is 2.93. The maximum Gasteiger partial charge on any atom is 0.381 e. The van der Waals surface area contributed by atoms with Gasteiger partial charge in [-0.25, -0.2) is 4.98 Å². The number of thiazole rings is 1. The van der Waals surface area contributed by atoms with Crippen LogP contribution in [-0.2, 0) is 12.8 Å². The zero-order valence-electron chi connectivity index (χ0n) is 9.55. The van der Waals surface area contributed by atoms with Gasteiger partial charge in [-0.05, 0) is 21.2 Å². The Labute approximate surface area is 114 Å². The first-order valence-electron chi connectivity index (χ1n) is 4.87. The van der Waals surface area contributed by atoms with Crippen LogP contribution in [0, 0.1) is 20.2 Å². The Bertz CT molecular complexity index is 637. The van der Waals surface area contributed by atoms with E-state index in [1.165, 1.54) is 24.2 Å². The molecule has 0 spiro atoms. The van der Waals surface area contributed by atoms with Crippen LogP contribution in [0.3, 0.4) is 0 Å². The fourth-order valence-corrected chi connectivity index (χ4v) is 3.02. The van der Waals surface area contributed by atoms with Crippen molar-refractivity contribution in [2.45, 2.75) is 10.1 Å². The molecule has 2 rings (SSSR count). The molecule has 19 heavy (non-hydrogen) atoms. The first-order valence-corrected chi connectivity index (χ1v) is 6.67. The molecule has 11 heteroatoms. The third kappa shape index (κ3) is 3.06. The van der Waals surface area contributed by atoms with Gasteiger partial charge in [-0.15, -0.1) is 0 Å². The van der Waals surface area contributed by atoms with Gasteiger partial charge in [0.2, 0.25) is 5.82 Å². The average molecular weight is 301 g/mol. The summed E-state index contributed by atoms with van der Waals surface area (Å²) in [7, 11) is 1.65. The highest BCUT2D eigenvalue weighted by Gasteiger charge is 2.18. The van der Waals surface area contributed by atoms with Crippen molar-refractivity contribution in [1.82, 2.24) is 14.5 Å². The van der Waals surface area contributed by atoms with Crippen molar-refractivity contribution in [3.63, 3.8) is 0 Å². The van der Waals surface area contributed by atoms with Crippen molar-refractivity contribution in [3.8, 4) is 0 Å². The van der Waals surface area contributed by atoms with Gasteiger partial charge in [0, 0.05) is 7.05 Å². The van der Waals surface area contributed by atoms with Crippen LogP contribution in [0.4, 0.5) is 10.8 Å². The Kier molecular flexibility index (Phi) is 3.76. The number of nitrogens with zero attached hydrogens (tertiary/aromatic N) is 5. The Morgan fingerprint density at radius 1 is 1.42 bits per heavy atom. The van der Waals surface area contributed by atoms with E-state index in [-0.39, 0.29) is 10.8 Å². The summed E-state index contributed by atoms with van der Waals surface area (Å²) in [5.74, 6) is 0.646. The van der Waals surface area contributed by atoms with Crippen LogP contribution >= 0.6 is 23.1 Å². The Morgan fingerprint density at radius 3 is 2.68 bits per heavy atom. The van der Waals surface area contributed by atoms with Gasteiger partial charge in [0.1, 0.15) is 12.4 Å². The Morgan fingerprint density at radius 2 is 2.16 bits per heavy atom. The molecule has 2 heterocycles. The lowest BCUT2D eigenvalue weighted by Crippen LogP contribution is -1.94. The minimum Gasteiger partial charge on any atom is -0.358 e. The van der Waals surface area contributed by atoms with E-state index in [0.29, 0.717) is 15.9 Å². The highest BCUT2D eigenvalue weighted by Crippen LogP contribution is 2.31. The summed E-state index contributed by atoms with van der Waals surface area (Å²) < 4.78 is 2.07. The highest BCUT2D eigenvalue weighted by atomic mass is 32.2. The summed E-state index contributed by atoms with van der Waals surface area (Å²) in [6.45, 7) is 0. The summed E-state index contributed by atoms with van der Waals surface area (Å²) in [6.07, 6.45) is 2.51. The van der Waals surface area contributed by atoms with Crippen LogP contribution in [0.1, 0.15) is 5.82 Å². The number of hydrogen-bond acceptors (Lipinski definition) is 8. The van der Waals surface area contributed by atoms with Crippen molar-refractivity contribution >= 4 is 33.9 Å². The van der Waals surface area contributed by atoms with E-state index in [0.717, 1.165) is 11.3 Å². The van der Waals surface area contributed by atoms with Crippen molar-refractivity contribution in [3.05, 3.63) is 38.4 Å². The Balaban J connectivity index is 2.05. The smallest absolute Gasteiger partial charge is 0.358 e. The summed E-state index contributed by atoms with van der Waals surface area (Å²) in [4.78, 5) is 27.7. The maximum absolute atomic E-state index is 10.6. The molecular weight excluding hydrogens is 294 g/mol. The van der Waals surface area contributed by atoms with Crippen LogP contribution in [0.15, 0.2) is 16.7 Å². The van der Waals surface area contributed by atoms with Crippen LogP contribution in [-0.4, -0.2) is 24.4 Å². The topological polar surface area (TPSA) is 117 Å². The number of thioether (sulfide) groups is 1. The van der Waals surface area contributed by atoms with Crippen LogP contribution in [0.25, 0.3) is 0 Å². The molecule has 2 aromatic heterocycles. The lowest BCUT2D eigenvalue weighted by Gasteiger charge is -1.93.